The van der Waals surface area contributed by atoms with Gasteiger partial charge in [-0.15, -0.1) is 11.8 Å². The molecule has 4 rings (SSSR count). The van der Waals surface area contributed by atoms with Gasteiger partial charge in [0.1, 0.15) is 5.94 Å². The summed E-state index contributed by atoms with van der Waals surface area (Å²) in [5.41, 5.74) is 10.2. The fourth-order valence-electron chi connectivity index (χ4n) is 3.23. The van der Waals surface area contributed by atoms with Gasteiger partial charge in [0.2, 0.25) is 0 Å². The van der Waals surface area contributed by atoms with E-state index in [0.717, 1.165) is 23.2 Å². The lowest BCUT2D eigenvalue weighted by Gasteiger charge is -2.35. The van der Waals surface area contributed by atoms with Gasteiger partial charge < -0.3 is 10.7 Å². The molecule has 1 unspecified atom stereocenters. The number of nitrogens with two attached hydrogens (primary N) is 1. The lowest BCUT2D eigenvalue weighted by molar-refractivity contribution is -0.175. The van der Waals surface area contributed by atoms with Crippen LogP contribution in [0, 0.1) is 0 Å². The summed E-state index contributed by atoms with van der Waals surface area (Å²) < 4.78 is 1.09. The standard InChI is InChI=1S/C14H16BrN3OS/c15-8-1-2-9-10-3-4-18-14(11(16)6-20-7-19-18)13(10)17-12(9)5-8/h1-2,5,11,14,17H,3-4,6-7,16H2/t11-,14?/m1/s1. The first-order chi connectivity index (χ1) is 9.74. The third kappa shape index (κ3) is 2.02. The van der Waals surface area contributed by atoms with Gasteiger partial charge in [-0.2, -0.15) is 5.06 Å². The molecule has 0 spiro atoms. The molecule has 0 saturated carbocycles. The summed E-state index contributed by atoms with van der Waals surface area (Å²) in [7, 11) is 0. The zero-order valence-corrected chi connectivity index (χ0v) is 13.3. The van der Waals surface area contributed by atoms with Crippen molar-refractivity contribution in [2.45, 2.75) is 18.5 Å². The van der Waals surface area contributed by atoms with Crippen LogP contribution in [0.5, 0.6) is 0 Å². The molecule has 4 nitrogen and oxygen atoms in total. The molecule has 3 heterocycles. The van der Waals surface area contributed by atoms with Gasteiger partial charge in [-0.25, -0.2) is 0 Å². The number of hydrogen-bond acceptors (Lipinski definition) is 4. The minimum absolute atomic E-state index is 0.0954. The van der Waals surface area contributed by atoms with Crippen molar-refractivity contribution in [3.63, 3.8) is 0 Å². The van der Waals surface area contributed by atoms with Gasteiger partial charge in [-0.05, 0) is 24.1 Å². The van der Waals surface area contributed by atoms with Crippen molar-refractivity contribution in [1.82, 2.24) is 10.0 Å². The smallest absolute Gasteiger partial charge is 0.114 e. The summed E-state index contributed by atoms with van der Waals surface area (Å²) in [6, 6.07) is 6.65. The Kier molecular flexibility index (Phi) is 3.31. The second kappa shape index (κ2) is 5.03. The number of nitrogens with zero attached hydrogens (tertiary/aromatic N) is 1. The zero-order chi connectivity index (χ0) is 13.7. The Morgan fingerprint density at radius 1 is 1.45 bits per heavy atom. The van der Waals surface area contributed by atoms with E-state index in [0.29, 0.717) is 5.94 Å². The second-order valence-electron chi connectivity index (χ2n) is 5.32. The van der Waals surface area contributed by atoms with Crippen molar-refractivity contribution in [2.24, 2.45) is 5.73 Å². The monoisotopic (exact) mass is 353 g/mol. The van der Waals surface area contributed by atoms with Crippen molar-refractivity contribution in [2.75, 3.05) is 18.2 Å². The number of nitrogens with one attached hydrogen (secondary N) is 1. The number of aromatic amines is 1. The highest BCUT2D eigenvalue weighted by Gasteiger charge is 2.36. The molecular formula is C14H16BrN3OS. The average Bonchev–Trinajstić information content (AvgIpc) is 2.68. The molecular weight excluding hydrogens is 338 g/mol. The Hall–Kier alpha value is -0.530. The van der Waals surface area contributed by atoms with Gasteiger partial charge in [0.05, 0.1) is 6.04 Å². The Balaban J connectivity index is 1.88. The van der Waals surface area contributed by atoms with E-state index in [2.05, 4.69) is 44.2 Å². The minimum Gasteiger partial charge on any atom is -0.357 e. The van der Waals surface area contributed by atoms with Crippen LogP contribution in [0.15, 0.2) is 22.7 Å². The van der Waals surface area contributed by atoms with Crippen LogP contribution in [0.2, 0.25) is 0 Å². The summed E-state index contributed by atoms with van der Waals surface area (Å²) in [6.07, 6.45) is 1.00. The van der Waals surface area contributed by atoms with Gasteiger partial charge in [-0.1, -0.05) is 22.0 Å². The molecule has 2 aromatic rings. The lowest BCUT2D eigenvalue weighted by atomic mass is 9.95. The topological polar surface area (TPSA) is 54.3 Å². The third-order valence-electron chi connectivity index (χ3n) is 4.11. The molecule has 2 aliphatic rings. The van der Waals surface area contributed by atoms with Crippen molar-refractivity contribution >= 4 is 38.6 Å². The van der Waals surface area contributed by atoms with Gasteiger partial charge in [-0.3, -0.25) is 4.84 Å². The molecule has 0 amide bonds. The Morgan fingerprint density at radius 3 is 3.25 bits per heavy atom. The quantitative estimate of drug-likeness (QED) is 0.764. The molecule has 106 valence electrons. The molecule has 1 saturated heterocycles. The summed E-state index contributed by atoms with van der Waals surface area (Å²) >= 11 is 5.30. The first-order valence-corrected chi connectivity index (χ1v) is 8.71. The van der Waals surface area contributed by atoms with Crippen LogP contribution in [-0.4, -0.2) is 34.3 Å². The maximum atomic E-state index is 6.38. The highest BCUT2D eigenvalue weighted by atomic mass is 79.9. The number of H-pyrrole nitrogens is 1. The zero-order valence-electron chi connectivity index (χ0n) is 10.9. The lowest BCUT2D eigenvalue weighted by Crippen LogP contribution is -2.44. The predicted molar refractivity (Wildman–Crippen MR) is 85.5 cm³/mol. The van der Waals surface area contributed by atoms with E-state index in [-0.39, 0.29) is 12.1 Å². The summed E-state index contributed by atoms with van der Waals surface area (Å²) in [6.45, 7) is 0.912. The van der Waals surface area contributed by atoms with Gasteiger partial charge in [0, 0.05) is 39.4 Å². The molecule has 3 N–H and O–H groups in total. The molecule has 2 atom stereocenters. The van der Waals surface area contributed by atoms with Crippen LogP contribution < -0.4 is 5.73 Å². The average molecular weight is 354 g/mol. The van der Waals surface area contributed by atoms with E-state index in [1.807, 2.05) is 0 Å². The summed E-state index contributed by atoms with van der Waals surface area (Å²) in [4.78, 5) is 9.41. The maximum Gasteiger partial charge on any atom is 0.114 e. The number of hydroxylamine groups is 2. The number of benzene rings is 1. The van der Waals surface area contributed by atoms with E-state index in [1.165, 1.54) is 22.2 Å². The van der Waals surface area contributed by atoms with Gasteiger partial charge >= 0.3 is 0 Å². The Bertz CT molecular complexity index is 659. The Labute approximate surface area is 130 Å². The summed E-state index contributed by atoms with van der Waals surface area (Å²) in [5, 5.41) is 3.38. The number of rotatable bonds is 0. The largest absolute Gasteiger partial charge is 0.357 e. The van der Waals surface area contributed by atoms with E-state index in [9.17, 15) is 0 Å². The van der Waals surface area contributed by atoms with Crippen molar-refractivity contribution in [1.29, 1.82) is 0 Å². The van der Waals surface area contributed by atoms with Crippen molar-refractivity contribution in [3.05, 3.63) is 33.9 Å². The maximum absolute atomic E-state index is 6.38. The van der Waals surface area contributed by atoms with Gasteiger partial charge in [0.25, 0.3) is 0 Å². The molecule has 1 aromatic carbocycles. The molecule has 1 aromatic heterocycles. The normalized spacial score (nSPS) is 27.1. The van der Waals surface area contributed by atoms with Crippen LogP contribution in [0.25, 0.3) is 10.9 Å². The second-order valence-corrected chi connectivity index (χ2v) is 7.22. The van der Waals surface area contributed by atoms with Gasteiger partial charge in [0.15, 0.2) is 0 Å². The van der Waals surface area contributed by atoms with Crippen LogP contribution in [0.1, 0.15) is 17.3 Å². The first kappa shape index (κ1) is 13.2. The Morgan fingerprint density at radius 2 is 2.35 bits per heavy atom. The summed E-state index contributed by atoms with van der Waals surface area (Å²) in [5.74, 6) is 1.63. The highest BCUT2D eigenvalue weighted by molar-refractivity contribution is 9.10. The number of halogens is 1. The van der Waals surface area contributed by atoms with Crippen LogP contribution >= 0.6 is 27.7 Å². The van der Waals surface area contributed by atoms with Crippen molar-refractivity contribution in [3.8, 4) is 0 Å². The van der Waals surface area contributed by atoms with Crippen LogP contribution in [0.4, 0.5) is 0 Å². The van der Waals surface area contributed by atoms with Crippen LogP contribution in [-0.2, 0) is 11.3 Å². The molecule has 0 bridgehead atoms. The number of hydrogen-bond donors (Lipinski definition) is 2. The minimum atomic E-state index is 0.0954. The van der Waals surface area contributed by atoms with E-state index in [1.54, 1.807) is 11.8 Å². The fourth-order valence-corrected chi connectivity index (χ4v) is 4.35. The molecule has 6 heteroatoms. The molecule has 2 aliphatic heterocycles. The van der Waals surface area contributed by atoms with E-state index >= 15 is 0 Å². The number of thioether (sulfide) groups is 1. The number of fused-ring (bicyclic) bond motifs is 5. The number of aromatic nitrogens is 1. The predicted octanol–water partition coefficient (Wildman–Crippen LogP) is 2.79. The SMILES string of the molecule is N[C@@H]1CSCON2CCc3c([nH]c4cc(Br)ccc34)C12. The molecule has 0 aliphatic carbocycles. The molecule has 20 heavy (non-hydrogen) atoms. The first-order valence-electron chi connectivity index (χ1n) is 6.77. The van der Waals surface area contributed by atoms with E-state index in [4.69, 9.17) is 10.6 Å². The fraction of sp³-hybridized carbons (Fsp3) is 0.429. The molecule has 0 radical (unpaired) electrons. The highest BCUT2D eigenvalue weighted by Crippen LogP contribution is 2.38. The van der Waals surface area contributed by atoms with Crippen LogP contribution in [0.3, 0.4) is 0 Å². The molecule has 1 fully saturated rings. The third-order valence-corrected chi connectivity index (χ3v) is 5.49. The van der Waals surface area contributed by atoms with Crippen molar-refractivity contribution < 1.29 is 4.84 Å². The van der Waals surface area contributed by atoms with E-state index < -0.39 is 0 Å².